The summed E-state index contributed by atoms with van der Waals surface area (Å²) in [5.41, 5.74) is 3.75. The normalized spacial score (nSPS) is 21.4. The summed E-state index contributed by atoms with van der Waals surface area (Å²) in [6, 6.07) is 7.03. The van der Waals surface area contributed by atoms with Gasteiger partial charge >= 0.3 is 0 Å². The van der Waals surface area contributed by atoms with Crippen molar-refractivity contribution in [2.24, 2.45) is 11.8 Å². The molecule has 31 heavy (non-hydrogen) atoms. The first-order valence-corrected chi connectivity index (χ1v) is 12.5. The van der Waals surface area contributed by atoms with Crippen molar-refractivity contribution < 1.29 is 0 Å². The summed E-state index contributed by atoms with van der Waals surface area (Å²) in [6.07, 6.45) is 14.2. The molecular formula is C26H37N5. The standard InChI is InChI=1S/C26H37N5/c1-18(20-11-12-20)29-25-23-10-6-9-22(21-13-15-27-16-14-21)24(23)30-26(31-25)28-17-19-7-4-2-3-5-8-19/h6,9-10,13,18-20,27H,2-5,7-8,11-12,14-17H2,1H3,(H2,28,29,30,31). The van der Waals surface area contributed by atoms with E-state index in [9.17, 15) is 0 Å². The summed E-state index contributed by atoms with van der Waals surface area (Å²) in [5.74, 6) is 3.29. The number of fused-ring (bicyclic) bond motifs is 1. The SMILES string of the molecule is CC(Nc1nc(NCC2CCCCCC2)nc2c(C3=CCNCC3)cccc12)C1CC1. The molecule has 5 nitrogen and oxygen atoms in total. The highest BCUT2D eigenvalue weighted by molar-refractivity contribution is 5.97. The van der Waals surface area contributed by atoms with Crippen molar-refractivity contribution in [1.82, 2.24) is 15.3 Å². The zero-order valence-corrected chi connectivity index (χ0v) is 18.9. The Labute approximate surface area is 186 Å². The number of rotatable bonds is 7. The van der Waals surface area contributed by atoms with Crippen molar-refractivity contribution in [2.75, 3.05) is 30.3 Å². The van der Waals surface area contributed by atoms with Crippen molar-refractivity contribution in [3.63, 3.8) is 0 Å². The average Bonchev–Trinajstić information content (AvgIpc) is 3.66. The van der Waals surface area contributed by atoms with Gasteiger partial charge in [0, 0.05) is 30.1 Å². The van der Waals surface area contributed by atoms with E-state index in [2.05, 4.69) is 47.1 Å². The molecule has 0 amide bonds. The number of nitrogens with one attached hydrogen (secondary N) is 3. The second-order valence-electron chi connectivity index (χ2n) is 9.79. The molecule has 1 unspecified atom stereocenters. The highest BCUT2D eigenvalue weighted by Gasteiger charge is 2.28. The maximum Gasteiger partial charge on any atom is 0.225 e. The van der Waals surface area contributed by atoms with Crippen LogP contribution in [0.4, 0.5) is 11.8 Å². The molecule has 1 aromatic carbocycles. The lowest BCUT2D eigenvalue weighted by molar-refractivity contribution is 0.482. The van der Waals surface area contributed by atoms with Gasteiger partial charge in [-0.05, 0) is 69.0 Å². The fourth-order valence-corrected chi connectivity index (χ4v) is 5.20. The predicted molar refractivity (Wildman–Crippen MR) is 130 cm³/mol. The molecule has 2 aliphatic carbocycles. The summed E-state index contributed by atoms with van der Waals surface area (Å²) in [7, 11) is 0. The summed E-state index contributed by atoms with van der Waals surface area (Å²) in [4.78, 5) is 10.0. The molecule has 3 N–H and O–H groups in total. The number of nitrogens with zero attached hydrogens (tertiary/aromatic N) is 2. The van der Waals surface area contributed by atoms with E-state index in [-0.39, 0.29) is 0 Å². The zero-order chi connectivity index (χ0) is 21.0. The third-order valence-electron chi connectivity index (χ3n) is 7.35. The number of benzene rings is 1. The molecular weight excluding hydrogens is 382 g/mol. The molecule has 5 heteroatoms. The van der Waals surface area contributed by atoms with E-state index < -0.39 is 0 Å². The van der Waals surface area contributed by atoms with Gasteiger partial charge in [-0.2, -0.15) is 4.98 Å². The summed E-state index contributed by atoms with van der Waals surface area (Å²) in [6.45, 7) is 5.25. The molecule has 2 fully saturated rings. The third-order valence-corrected chi connectivity index (χ3v) is 7.35. The summed E-state index contributed by atoms with van der Waals surface area (Å²) < 4.78 is 0. The Hall–Kier alpha value is -2.14. The van der Waals surface area contributed by atoms with Crippen LogP contribution in [0.25, 0.3) is 16.5 Å². The second-order valence-corrected chi connectivity index (χ2v) is 9.79. The molecule has 2 saturated carbocycles. The van der Waals surface area contributed by atoms with Crippen LogP contribution in [0.15, 0.2) is 24.3 Å². The molecule has 0 spiro atoms. The summed E-state index contributed by atoms with van der Waals surface area (Å²) >= 11 is 0. The van der Waals surface area contributed by atoms with Crippen LogP contribution in [-0.2, 0) is 0 Å². The first-order chi connectivity index (χ1) is 15.3. The molecule has 5 rings (SSSR count). The van der Waals surface area contributed by atoms with Gasteiger partial charge in [-0.1, -0.05) is 43.9 Å². The molecule has 0 saturated heterocycles. The van der Waals surface area contributed by atoms with Crippen molar-refractivity contribution in [3.05, 3.63) is 29.8 Å². The van der Waals surface area contributed by atoms with Crippen molar-refractivity contribution in [1.29, 1.82) is 0 Å². The topological polar surface area (TPSA) is 61.9 Å². The van der Waals surface area contributed by atoms with Gasteiger partial charge in [0.15, 0.2) is 0 Å². The van der Waals surface area contributed by atoms with E-state index in [1.807, 2.05) is 0 Å². The van der Waals surface area contributed by atoms with Crippen LogP contribution in [0, 0.1) is 11.8 Å². The number of para-hydroxylation sites is 1. The Bertz CT molecular complexity index is 925. The first kappa shape index (κ1) is 20.7. The molecule has 3 aliphatic rings. The van der Waals surface area contributed by atoms with E-state index in [4.69, 9.17) is 9.97 Å². The van der Waals surface area contributed by atoms with Crippen molar-refractivity contribution in [3.8, 4) is 0 Å². The van der Waals surface area contributed by atoms with Crippen LogP contribution in [0.2, 0.25) is 0 Å². The molecule has 0 radical (unpaired) electrons. The lowest BCUT2D eigenvalue weighted by Crippen LogP contribution is -2.21. The van der Waals surface area contributed by atoms with Crippen LogP contribution in [0.5, 0.6) is 0 Å². The smallest absolute Gasteiger partial charge is 0.225 e. The molecule has 1 atom stereocenters. The Morgan fingerprint density at radius 3 is 2.65 bits per heavy atom. The average molecular weight is 420 g/mol. The van der Waals surface area contributed by atoms with Gasteiger partial charge in [-0.3, -0.25) is 0 Å². The summed E-state index contributed by atoms with van der Waals surface area (Å²) in [5, 5.41) is 11.9. The molecule has 1 aromatic heterocycles. The zero-order valence-electron chi connectivity index (χ0n) is 18.9. The Morgan fingerprint density at radius 1 is 1.06 bits per heavy atom. The highest BCUT2D eigenvalue weighted by Crippen LogP contribution is 2.36. The Balaban J connectivity index is 1.47. The number of hydrogen-bond donors (Lipinski definition) is 3. The molecule has 1 aliphatic heterocycles. The molecule has 166 valence electrons. The number of anilines is 2. The van der Waals surface area contributed by atoms with Gasteiger partial charge in [0.1, 0.15) is 5.82 Å². The lowest BCUT2D eigenvalue weighted by atomic mass is 9.97. The van der Waals surface area contributed by atoms with Crippen molar-refractivity contribution >= 4 is 28.2 Å². The largest absolute Gasteiger partial charge is 0.367 e. The quantitative estimate of drug-likeness (QED) is 0.510. The van der Waals surface area contributed by atoms with Gasteiger partial charge in [0.05, 0.1) is 5.52 Å². The van der Waals surface area contributed by atoms with E-state index >= 15 is 0 Å². The maximum atomic E-state index is 5.06. The minimum Gasteiger partial charge on any atom is -0.367 e. The first-order valence-electron chi connectivity index (χ1n) is 12.5. The second kappa shape index (κ2) is 9.56. The third kappa shape index (κ3) is 5.03. The van der Waals surface area contributed by atoms with E-state index in [0.29, 0.717) is 6.04 Å². The number of hydrogen-bond acceptors (Lipinski definition) is 5. The fraction of sp³-hybridized carbons (Fsp3) is 0.615. The van der Waals surface area contributed by atoms with Gasteiger partial charge in [-0.15, -0.1) is 0 Å². The molecule has 2 heterocycles. The van der Waals surface area contributed by atoms with Gasteiger partial charge in [0.25, 0.3) is 0 Å². The van der Waals surface area contributed by atoms with Crippen LogP contribution in [-0.4, -0.2) is 35.6 Å². The maximum absolute atomic E-state index is 5.06. The van der Waals surface area contributed by atoms with E-state index in [1.54, 1.807) is 0 Å². The minimum absolute atomic E-state index is 0.453. The Kier molecular flexibility index (Phi) is 6.40. The molecule has 2 aromatic rings. The van der Waals surface area contributed by atoms with Crippen LogP contribution >= 0.6 is 0 Å². The Morgan fingerprint density at radius 2 is 1.90 bits per heavy atom. The minimum atomic E-state index is 0.453. The van der Waals surface area contributed by atoms with Crippen LogP contribution in [0.1, 0.15) is 70.3 Å². The van der Waals surface area contributed by atoms with Gasteiger partial charge < -0.3 is 16.0 Å². The fourth-order valence-electron chi connectivity index (χ4n) is 5.20. The van der Waals surface area contributed by atoms with E-state index in [1.165, 1.54) is 62.5 Å². The van der Waals surface area contributed by atoms with Crippen LogP contribution in [0.3, 0.4) is 0 Å². The van der Waals surface area contributed by atoms with E-state index in [0.717, 1.165) is 60.6 Å². The van der Waals surface area contributed by atoms with Gasteiger partial charge in [0.2, 0.25) is 5.95 Å². The van der Waals surface area contributed by atoms with Crippen LogP contribution < -0.4 is 16.0 Å². The van der Waals surface area contributed by atoms with Crippen molar-refractivity contribution in [2.45, 2.75) is 70.8 Å². The van der Waals surface area contributed by atoms with Gasteiger partial charge in [-0.25, -0.2) is 4.98 Å². The monoisotopic (exact) mass is 419 g/mol. The molecule has 0 bridgehead atoms. The highest BCUT2D eigenvalue weighted by atomic mass is 15.2. The lowest BCUT2D eigenvalue weighted by Gasteiger charge is -2.20. The number of aromatic nitrogens is 2. The predicted octanol–water partition coefficient (Wildman–Crippen LogP) is 5.60.